The largest absolute Gasteiger partial charge is 0.505 e. The van der Waals surface area contributed by atoms with Crippen LogP contribution in [-0.2, 0) is 11.2 Å². The zero-order valence-electron chi connectivity index (χ0n) is 8.34. The third-order valence-corrected chi connectivity index (χ3v) is 2.00. The number of imidazole rings is 1. The Labute approximate surface area is 97.9 Å². The number of rotatable bonds is 3. The zero-order chi connectivity index (χ0) is 10.7. The van der Waals surface area contributed by atoms with Crippen LogP contribution in [0.15, 0.2) is 24.3 Å². The highest BCUT2D eigenvalue weighted by Crippen LogP contribution is 2.10. The molecule has 0 atom stereocenters. The van der Waals surface area contributed by atoms with E-state index in [1.807, 2.05) is 24.3 Å². The van der Waals surface area contributed by atoms with Crippen molar-refractivity contribution in [2.45, 2.75) is 6.42 Å². The van der Waals surface area contributed by atoms with E-state index in [9.17, 15) is 4.79 Å². The number of nitrogens with one attached hydrogen (secondary N) is 1. The average molecular weight is 243 g/mol. The number of aromatic nitrogens is 2. The second-order valence-corrected chi connectivity index (χ2v) is 3.07. The van der Waals surface area contributed by atoms with Gasteiger partial charge in [0.25, 0.3) is 0 Å². The Morgan fingerprint density at radius 1 is 1.44 bits per heavy atom. The molecular weight excluding hydrogens is 232 g/mol. The quantitative estimate of drug-likeness (QED) is 0.810. The van der Waals surface area contributed by atoms with Crippen LogP contribution in [0, 0.1) is 0 Å². The summed E-state index contributed by atoms with van der Waals surface area (Å²) in [6.07, 6.45) is -0.799. The van der Waals surface area contributed by atoms with Crippen LogP contribution in [0.1, 0.15) is 5.82 Å². The molecule has 16 heavy (non-hydrogen) atoms. The van der Waals surface area contributed by atoms with E-state index < -0.39 is 6.16 Å². The first-order valence-corrected chi connectivity index (χ1v) is 4.55. The van der Waals surface area contributed by atoms with Gasteiger partial charge in [0.05, 0.1) is 11.0 Å². The molecule has 0 aliphatic rings. The Kier molecular flexibility index (Phi) is 4.13. The Balaban J connectivity index is 0.00000128. The van der Waals surface area contributed by atoms with E-state index in [2.05, 4.69) is 14.7 Å². The summed E-state index contributed by atoms with van der Waals surface area (Å²) in [6.45, 7) is 0.120. The molecule has 1 heterocycles. The maximum atomic E-state index is 10.1. The number of H-pyrrole nitrogens is 1. The van der Waals surface area contributed by atoms with Crippen LogP contribution in [0.2, 0.25) is 0 Å². The van der Waals surface area contributed by atoms with Crippen molar-refractivity contribution < 1.29 is 14.6 Å². The van der Waals surface area contributed by atoms with Crippen LogP contribution in [0.25, 0.3) is 11.0 Å². The highest BCUT2D eigenvalue weighted by atomic mass is 35.5. The number of aromatic amines is 1. The Morgan fingerprint density at radius 2 is 2.19 bits per heavy atom. The second kappa shape index (κ2) is 5.37. The van der Waals surface area contributed by atoms with Crippen molar-refractivity contribution in [1.82, 2.24) is 9.97 Å². The maximum absolute atomic E-state index is 10.1. The van der Waals surface area contributed by atoms with E-state index in [0.717, 1.165) is 16.9 Å². The van der Waals surface area contributed by atoms with Crippen molar-refractivity contribution in [3.05, 3.63) is 30.1 Å². The molecule has 0 aliphatic heterocycles. The van der Waals surface area contributed by atoms with Crippen molar-refractivity contribution in [3.8, 4) is 0 Å². The SMILES string of the molecule is Cl.O=C(O)OCCc1nc2ccccc2[nH]1. The molecule has 0 saturated carbocycles. The van der Waals surface area contributed by atoms with Crippen molar-refractivity contribution >= 4 is 29.6 Å². The van der Waals surface area contributed by atoms with Crippen LogP contribution < -0.4 is 0 Å². The lowest BCUT2D eigenvalue weighted by atomic mass is 10.3. The Bertz CT molecular complexity index is 451. The van der Waals surface area contributed by atoms with Gasteiger partial charge in [-0.15, -0.1) is 12.4 Å². The maximum Gasteiger partial charge on any atom is 0.505 e. The van der Waals surface area contributed by atoms with Gasteiger partial charge in [-0.25, -0.2) is 9.78 Å². The van der Waals surface area contributed by atoms with Crippen molar-refractivity contribution in [3.63, 3.8) is 0 Å². The molecule has 0 unspecified atom stereocenters. The number of hydrogen-bond acceptors (Lipinski definition) is 3. The summed E-state index contributed by atoms with van der Waals surface area (Å²) in [7, 11) is 0. The van der Waals surface area contributed by atoms with Gasteiger partial charge in [-0.05, 0) is 12.1 Å². The minimum atomic E-state index is -1.26. The molecule has 1 aromatic carbocycles. The molecule has 5 nitrogen and oxygen atoms in total. The summed E-state index contributed by atoms with van der Waals surface area (Å²) in [5.74, 6) is 0.734. The summed E-state index contributed by atoms with van der Waals surface area (Å²) < 4.78 is 4.40. The molecule has 0 fully saturated rings. The number of fused-ring (bicyclic) bond motifs is 1. The highest BCUT2D eigenvalue weighted by Gasteiger charge is 2.03. The first kappa shape index (κ1) is 12.3. The standard InChI is InChI=1S/C10H10N2O3.ClH/c13-10(14)15-6-5-9-11-7-3-1-2-4-8(7)12-9;/h1-4H,5-6H2,(H,11,12)(H,13,14);1H. The molecule has 0 radical (unpaired) electrons. The normalized spacial score (nSPS) is 9.75. The fourth-order valence-electron chi connectivity index (χ4n) is 1.36. The predicted octanol–water partition coefficient (Wildman–Crippen LogP) is 2.22. The van der Waals surface area contributed by atoms with E-state index in [1.54, 1.807) is 0 Å². The first-order chi connectivity index (χ1) is 7.25. The number of benzene rings is 1. The Hall–Kier alpha value is -1.75. The number of para-hydroxylation sites is 2. The summed E-state index contributed by atoms with van der Waals surface area (Å²) in [4.78, 5) is 17.5. The van der Waals surface area contributed by atoms with Gasteiger partial charge >= 0.3 is 6.16 Å². The van der Waals surface area contributed by atoms with Crippen molar-refractivity contribution in [2.75, 3.05) is 6.61 Å². The van der Waals surface area contributed by atoms with Crippen LogP contribution in [0.4, 0.5) is 4.79 Å². The fraction of sp³-hybridized carbons (Fsp3) is 0.200. The van der Waals surface area contributed by atoms with Crippen LogP contribution >= 0.6 is 12.4 Å². The lowest BCUT2D eigenvalue weighted by Crippen LogP contribution is -2.05. The summed E-state index contributed by atoms with van der Waals surface area (Å²) in [5, 5.41) is 8.28. The topological polar surface area (TPSA) is 75.2 Å². The van der Waals surface area contributed by atoms with E-state index in [0.29, 0.717) is 6.42 Å². The number of halogens is 1. The highest BCUT2D eigenvalue weighted by molar-refractivity contribution is 5.85. The van der Waals surface area contributed by atoms with Crippen LogP contribution in [-0.4, -0.2) is 27.8 Å². The van der Waals surface area contributed by atoms with Crippen LogP contribution in [0.3, 0.4) is 0 Å². The van der Waals surface area contributed by atoms with E-state index >= 15 is 0 Å². The van der Waals surface area contributed by atoms with Gasteiger partial charge < -0.3 is 14.8 Å². The first-order valence-electron chi connectivity index (χ1n) is 4.55. The number of ether oxygens (including phenoxy) is 1. The molecule has 0 aliphatic carbocycles. The smallest absolute Gasteiger partial charge is 0.450 e. The van der Waals surface area contributed by atoms with Gasteiger partial charge in [-0.2, -0.15) is 0 Å². The summed E-state index contributed by atoms with van der Waals surface area (Å²) in [5.41, 5.74) is 1.82. The molecule has 0 bridgehead atoms. The molecule has 2 rings (SSSR count). The molecule has 2 aromatic rings. The van der Waals surface area contributed by atoms with E-state index in [4.69, 9.17) is 5.11 Å². The molecule has 6 heteroatoms. The van der Waals surface area contributed by atoms with Gasteiger partial charge in [0.2, 0.25) is 0 Å². The van der Waals surface area contributed by atoms with E-state index in [-0.39, 0.29) is 19.0 Å². The third-order valence-electron chi connectivity index (χ3n) is 2.00. The van der Waals surface area contributed by atoms with Gasteiger partial charge in [0.15, 0.2) is 0 Å². The van der Waals surface area contributed by atoms with Crippen molar-refractivity contribution in [1.29, 1.82) is 0 Å². The van der Waals surface area contributed by atoms with Gasteiger partial charge in [0, 0.05) is 6.42 Å². The molecular formula is C10H11ClN2O3. The number of carboxylic acid groups (broad SMARTS) is 1. The van der Waals surface area contributed by atoms with Gasteiger partial charge in [-0.1, -0.05) is 12.1 Å². The molecule has 2 N–H and O–H groups in total. The summed E-state index contributed by atoms with van der Waals surface area (Å²) in [6, 6.07) is 7.63. The van der Waals surface area contributed by atoms with E-state index in [1.165, 1.54) is 0 Å². The second-order valence-electron chi connectivity index (χ2n) is 3.07. The zero-order valence-corrected chi connectivity index (χ0v) is 9.16. The number of carbonyl (C=O) groups is 1. The van der Waals surface area contributed by atoms with Crippen LogP contribution in [0.5, 0.6) is 0 Å². The minimum absolute atomic E-state index is 0. The lowest BCUT2D eigenvalue weighted by Gasteiger charge is -1.96. The Morgan fingerprint density at radius 3 is 2.88 bits per heavy atom. The lowest BCUT2D eigenvalue weighted by molar-refractivity contribution is 0.0923. The molecule has 0 saturated heterocycles. The molecule has 0 spiro atoms. The summed E-state index contributed by atoms with van der Waals surface area (Å²) >= 11 is 0. The molecule has 1 aromatic heterocycles. The number of nitrogens with zero attached hydrogens (tertiary/aromatic N) is 1. The van der Waals surface area contributed by atoms with Gasteiger partial charge in [-0.3, -0.25) is 0 Å². The third kappa shape index (κ3) is 2.87. The average Bonchev–Trinajstić information content (AvgIpc) is 2.59. The minimum Gasteiger partial charge on any atom is -0.450 e. The fourth-order valence-corrected chi connectivity index (χ4v) is 1.36. The number of hydrogen-bond donors (Lipinski definition) is 2. The van der Waals surface area contributed by atoms with Gasteiger partial charge in [0.1, 0.15) is 12.4 Å². The molecule has 0 amide bonds. The predicted molar refractivity (Wildman–Crippen MR) is 61.0 cm³/mol. The van der Waals surface area contributed by atoms with Crippen molar-refractivity contribution in [2.24, 2.45) is 0 Å². The monoisotopic (exact) mass is 242 g/mol. The molecule has 86 valence electrons.